The lowest BCUT2D eigenvalue weighted by Gasteiger charge is -2.13. The molecule has 0 saturated heterocycles. The van der Waals surface area contributed by atoms with E-state index in [1.807, 2.05) is 13.0 Å². The largest absolute Gasteiger partial charge is 0.504 e. The number of methoxy groups -OCH3 is 2. The Bertz CT molecular complexity index is 814. The second kappa shape index (κ2) is 9.29. The third-order valence-electron chi connectivity index (χ3n) is 3.59. The van der Waals surface area contributed by atoms with Gasteiger partial charge in [-0.15, -0.1) is 0 Å². The van der Waals surface area contributed by atoms with E-state index in [0.717, 1.165) is 16.5 Å². The molecule has 0 fully saturated rings. The van der Waals surface area contributed by atoms with Gasteiger partial charge in [-0.3, -0.25) is 4.79 Å². The van der Waals surface area contributed by atoms with Crippen molar-refractivity contribution in [3.05, 3.63) is 52.0 Å². The minimum absolute atomic E-state index is 0.00985. The second-order valence-corrected chi connectivity index (χ2v) is 6.32. The molecule has 5 nitrogen and oxygen atoms in total. The Kier molecular flexibility index (Phi) is 7.09. The molecule has 0 aliphatic heterocycles. The summed E-state index contributed by atoms with van der Waals surface area (Å²) >= 11 is 3.48. The Balaban J connectivity index is 2.24. The first-order valence-corrected chi connectivity index (χ1v) is 8.89. The lowest BCUT2D eigenvalue weighted by Crippen LogP contribution is -1.99. The van der Waals surface area contributed by atoms with Gasteiger partial charge in [0.15, 0.2) is 28.8 Å². The zero-order valence-electron chi connectivity index (χ0n) is 14.9. The van der Waals surface area contributed by atoms with Crippen molar-refractivity contribution in [3.8, 4) is 23.0 Å². The van der Waals surface area contributed by atoms with E-state index in [4.69, 9.17) is 14.2 Å². The van der Waals surface area contributed by atoms with Crippen molar-refractivity contribution in [1.82, 2.24) is 0 Å². The minimum Gasteiger partial charge on any atom is -0.504 e. The fraction of sp³-hybridized carbons (Fsp3) is 0.250. The monoisotopic (exact) mass is 420 g/mol. The summed E-state index contributed by atoms with van der Waals surface area (Å²) in [5, 5.41) is 9.62. The molecule has 0 atom stereocenters. The molecule has 6 heteroatoms. The van der Waals surface area contributed by atoms with Crippen LogP contribution in [0.1, 0.15) is 29.3 Å². The van der Waals surface area contributed by atoms with Crippen molar-refractivity contribution in [2.45, 2.75) is 13.3 Å². The van der Waals surface area contributed by atoms with Crippen molar-refractivity contribution < 1.29 is 24.1 Å². The van der Waals surface area contributed by atoms with Gasteiger partial charge in [0.05, 0.1) is 25.3 Å². The molecule has 1 N–H and O–H groups in total. The van der Waals surface area contributed by atoms with Crippen LogP contribution in [0.3, 0.4) is 0 Å². The number of phenols is 1. The van der Waals surface area contributed by atoms with Crippen molar-refractivity contribution in [1.29, 1.82) is 0 Å². The van der Waals surface area contributed by atoms with E-state index >= 15 is 0 Å². The number of allylic oxidation sites excluding steroid dienone is 1. The predicted molar refractivity (Wildman–Crippen MR) is 105 cm³/mol. The maximum atomic E-state index is 12.4. The van der Waals surface area contributed by atoms with Gasteiger partial charge in [0.1, 0.15) is 0 Å². The fourth-order valence-electron chi connectivity index (χ4n) is 2.28. The Labute approximate surface area is 161 Å². The number of rotatable bonds is 8. The summed E-state index contributed by atoms with van der Waals surface area (Å²) in [6.07, 6.45) is 4.04. The molecule has 2 aromatic rings. The molecule has 2 aromatic carbocycles. The van der Waals surface area contributed by atoms with Crippen LogP contribution in [-0.4, -0.2) is 31.7 Å². The number of carbonyl (C=O) groups is 1. The number of ketones is 1. The Morgan fingerprint density at radius 3 is 2.54 bits per heavy atom. The van der Waals surface area contributed by atoms with Crippen molar-refractivity contribution in [2.75, 3.05) is 20.8 Å². The highest BCUT2D eigenvalue weighted by molar-refractivity contribution is 9.10. The first-order chi connectivity index (χ1) is 12.5. The first kappa shape index (κ1) is 19.8. The van der Waals surface area contributed by atoms with Gasteiger partial charge in [0.25, 0.3) is 0 Å². The highest BCUT2D eigenvalue weighted by Crippen LogP contribution is 2.37. The maximum Gasteiger partial charge on any atom is 0.185 e. The van der Waals surface area contributed by atoms with Gasteiger partial charge >= 0.3 is 0 Å². The number of ether oxygens (including phenoxy) is 3. The first-order valence-electron chi connectivity index (χ1n) is 8.09. The van der Waals surface area contributed by atoms with Gasteiger partial charge in [0, 0.05) is 5.56 Å². The molecule has 0 heterocycles. The summed E-state index contributed by atoms with van der Waals surface area (Å²) in [5.41, 5.74) is 1.21. The van der Waals surface area contributed by atoms with E-state index in [9.17, 15) is 9.90 Å². The van der Waals surface area contributed by atoms with E-state index in [2.05, 4.69) is 15.9 Å². The summed E-state index contributed by atoms with van der Waals surface area (Å²) in [7, 11) is 3.01. The third-order valence-corrected chi connectivity index (χ3v) is 4.18. The summed E-state index contributed by atoms with van der Waals surface area (Å²) < 4.78 is 16.9. The zero-order chi connectivity index (χ0) is 19.1. The van der Waals surface area contributed by atoms with Crippen LogP contribution in [0.25, 0.3) is 6.08 Å². The Hall–Kier alpha value is -2.47. The van der Waals surface area contributed by atoms with Crippen LogP contribution in [0.4, 0.5) is 0 Å². The van der Waals surface area contributed by atoms with Crippen LogP contribution < -0.4 is 14.2 Å². The topological polar surface area (TPSA) is 65.0 Å². The molecule has 0 aromatic heterocycles. The summed E-state index contributed by atoms with van der Waals surface area (Å²) in [6.45, 7) is 2.62. The van der Waals surface area contributed by atoms with Crippen LogP contribution in [0.15, 0.2) is 40.9 Å². The van der Waals surface area contributed by atoms with E-state index in [-0.39, 0.29) is 17.3 Å². The van der Waals surface area contributed by atoms with E-state index in [1.54, 1.807) is 25.3 Å². The predicted octanol–water partition coefficient (Wildman–Crippen LogP) is 4.86. The molecule has 26 heavy (non-hydrogen) atoms. The van der Waals surface area contributed by atoms with Gasteiger partial charge in [-0.25, -0.2) is 0 Å². The molecule has 0 radical (unpaired) electrons. The molecule has 0 bridgehead atoms. The highest BCUT2D eigenvalue weighted by Gasteiger charge is 2.11. The van der Waals surface area contributed by atoms with Crippen LogP contribution in [0, 0.1) is 0 Å². The lowest BCUT2D eigenvalue weighted by molar-refractivity contribution is 0.104. The van der Waals surface area contributed by atoms with Gasteiger partial charge in [-0.05, 0) is 64.3 Å². The van der Waals surface area contributed by atoms with Gasteiger partial charge in [-0.2, -0.15) is 0 Å². The second-order valence-electron chi connectivity index (χ2n) is 5.47. The summed E-state index contributed by atoms with van der Waals surface area (Å²) in [5.74, 6) is 1.27. The van der Waals surface area contributed by atoms with E-state index < -0.39 is 0 Å². The zero-order valence-corrected chi connectivity index (χ0v) is 16.5. The fourth-order valence-corrected chi connectivity index (χ4v) is 2.85. The quantitative estimate of drug-likeness (QED) is 0.487. The molecular formula is C20H21BrO5. The number of hydrogen-bond acceptors (Lipinski definition) is 5. The molecule has 0 aliphatic rings. The number of hydrogen-bond donors (Lipinski definition) is 1. The molecule has 0 unspecified atom stereocenters. The van der Waals surface area contributed by atoms with E-state index in [0.29, 0.717) is 23.7 Å². The van der Waals surface area contributed by atoms with Crippen molar-refractivity contribution in [2.24, 2.45) is 0 Å². The number of benzene rings is 2. The van der Waals surface area contributed by atoms with Gasteiger partial charge < -0.3 is 19.3 Å². The standard InChI is InChI=1S/C20H21BrO5/c1-4-9-26-20-15(21)10-13(11-19(20)25-3)5-7-16(22)14-6-8-17(23)18(12-14)24-2/h5-8,10-12,23H,4,9H2,1-3H3/b7-5+. The number of aromatic hydroxyl groups is 1. The molecular weight excluding hydrogens is 400 g/mol. The maximum absolute atomic E-state index is 12.4. The summed E-state index contributed by atoms with van der Waals surface area (Å²) in [6, 6.07) is 8.13. The van der Waals surface area contributed by atoms with Crippen LogP contribution in [-0.2, 0) is 0 Å². The average molecular weight is 421 g/mol. The molecule has 0 aliphatic carbocycles. The van der Waals surface area contributed by atoms with Crippen molar-refractivity contribution >= 4 is 27.8 Å². The number of halogens is 1. The number of phenolic OH excluding ortho intramolecular Hbond substituents is 1. The van der Waals surface area contributed by atoms with Crippen LogP contribution in [0.5, 0.6) is 23.0 Å². The van der Waals surface area contributed by atoms with Crippen molar-refractivity contribution in [3.63, 3.8) is 0 Å². The van der Waals surface area contributed by atoms with E-state index in [1.165, 1.54) is 25.3 Å². The van der Waals surface area contributed by atoms with Crippen LogP contribution >= 0.6 is 15.9 Å². The highest BCUT2D eigenvalue weighted by atomic mass is 79.9. The van der Waals surface area contributed by atoms with Gasteiger partial charge in [0.2, 0.25) is 0 Å². The molecule has 138 valence electrons. The minimum atomic E-state index is -0.204. The third kappa shape index (κ3) is 4.79. The Morgan fingerprint density at radius 1 is 1.15 bits per heavy atom. The molecule has 0 saturated carbocycles. The smallest absolute Gasteiger partial charge is 0.185 e. The summed E-state index contributed by atoms with van der Waals surface area (Å²) in [4.78, 5) is 12.4. The molecule has 0 amide bonds. The normalized spacial score (nSPS) is 10.8. The number of carbonyl (C=O) groups excluding carboxylic acids is 1. The Morgan fingerprint density at radius 2 is 1.88 bits per heavy atom. The SMILES string of the molecule is CCCOc1c(Br)cc(/C=C/C(=O)c2ccc(O)c(OC)c2)cc1OC. The molecule has 0 spiro atoms. The van der Waals surface area contributed by atoms with Crippen LogP contribution in [0.2, 0.25) is 0 Å². The van der Waals surface area contributed by atoms with Gasteiger partial charge in [-0.1, -0.05) is 13.0 Å². The molecule has 2 rings (SSSR count). The average Bonchev–Trinajstić information content (AvgIpc) is 2.65. The lowest BCUT2D eigenvalue weighted by atomic mass is 10.1.